The number of anilines is 3. The van der Waals surface area contributed by atoms with Crippen LogP contribution < -0.4 is 15.4 Å². The number of ether oxygens (including phenoxy) is 2. The van der Waals surface area contributed by atoms with E-state index in [1.807, 2.05) is 6.92 Å². The minimum Gasteiger partial charge on any atom is -0.495 e. The second-order valence-corrected chi connectivity index (χ2v) is 8.91. The first-order valence-corrected chi connectivity index (χ1v) is 11.5. The Labute approximate surface area is 185 Å². The van der Waals surface area contributed by atoms with Crippen molar-refractivity contribution in [3.8, 4) is 11.8 Å². The van der Waals surface area contributed by atoms with Gasteiger partial charge in [-0.1, -0.05) is 0 Å². The molecule has 0 atom stereocenters. The normalized spacial score (nSPS) is 14.8. The maximum absolute atomic E-state index is 12.9. The zero-order valence-corrected chi connectivity index (χ0v) is 18.5. The van der Waals surface area contributed by atoms with E-state index in [0.717, 1.165) is 0 Å². The van der Waals surface area contributed by atoms with Crippen LogP contribution in [0.4, 0.5) is 17.5 Å². The van der Waals surface area contributed by atoms with Crippen LogP contribution in [0.5, 0.6) is 5.75 Å². The zero-order chi connectivity index (χ0) is 22.7. The maximum Gasteiger partial charge on any atom is 0.243 e. The first kappa shape index (κ1) is 21.8. The van der Waals surface area contributed by atoms with Crippen molar-refractivity contribution >= 4 is 38.5 Å². The van der Waals surface area contributed by atoms with Crippen molar-refractivity contribution in [3.05, 3.63) is 30.0 Å². The van der Waals surface area contributed by atoms with Gasteiger partial charge in [-0.25, -0.2) is 8.42 Å². The van der Waals surface area contributed by atoms with Gasteiger partial charge in [0.1, 0.15) is 23.3 Å². The lowest BCUT2D eigenvalue weighted by Crippen LogP contribution is -2.40. The van der Waals surface area contributed by atoms with Gasteiger partial charge in [0, 0.05) is 31.9 Å². The third-order valence-electron chi connectivity index (χ3n) is 5.02. The largest absolute Gasteiger partial charge is 0.495 e. The van der Waals surface area contributed by atoms with Crippen molar-refractivity contribution in [1.82, 2.24) is 19.3 Å². The van der Waals surface area contributed by atoms with Crippen molar-refractivity contribution in [3.63, 3.8) is 0 Å². The minimum absolute atomic E-state index is 0.134. The van der Waals surface area contributed by atoms with E-state index >= 15 is 0 Å². The predicted molar refractivity (Wildman–Crippen MR) is 119 cm³/mol. The summed E-state index contributed by atoms with van der Waals surface area (Å²) in [5.74, 6) is 1.11. The third kappa shape index (κ3) is 4.05. The number of nitrogens with one attached hydrogen (secondary N) is 3. The van der Waals surface area contributed by atoms with E-state index in [-0.39, 0.29) is 10.8 Å². The average molecular weight is 458 g/mol. The van der Waals surface area contributed by atoms with Crippen LogP contribution in [-0.2, 0) is 14.8 Å². The molecule has 3 N–H and O–H groups in total. The quantitative estimate of drug-likeness (QED) is 0.485. The average Bonchev–Trinajstić information content (AvgIpc) is 3.23. The summed E-state index contributed by atoms with van der Waals surface area (Å²) < 4.78 is 38.0. The number of nitriles is 1. The smallest absolute Gasteiger partial charge is 0.243 e. The number of rotatable bonds is 7. The highest BCUT2D eigenvalue weighted by Crippen LogP contribution is 2.32. The Morgan fingerprint density at radius 3 is 2.78 bits per heavy atom. The van der Waals surface area contributed by atoms with Crippen molar-refractivity contribution in [1.29, 1.82) is 5.26 Å². The zero-order valence-electron chi connectivity index (χ0n) is 17.7. The number of methoxy groups -OCH3 is 1. The summed E-state index contributed by atoms with van der Waals surface area (Å²) >= 11 is 0. The Hall–Kier alpha value is -3.40. The van der Waals surface area contributed by atoms with Crippen LogP contribution in [0.25, 0.3) is 11.0 Å². The van der Waals surface area contributed by atoms with E-state index in [4.69, 9.17) is 9.47 Å². The molecule has 0 amide bonds. The van der Waals surface area contributed by atoms with Gasteiger partial charge in [0.05, 0.1) is 41.9 Å². The lowest BCUT2D eigenvalue weighted by molar-refractivity contribution is 0.0730. The molecule has 0 unspecified atom stereocenters. The highest BCUT2D eigenvalue weighted by atomic mass is 32.2. The van der Waals surface area contributed by atoms with E-state index < -0.39 is 10.0 Å². The van der Waals surface area contributed by atoms with Crippen molar-refractivity contribution in [2.75, 3.05) is 50.6 Å². The van der Waals surface area contributed by atoms with Gasteiger partial charge < -0.3 is 25.1 Å². The number of fused-ring (bicyclic) bond motifs is 1. The third-order valence-corrected chi connectivity index (χ3v) is 6.92. The SMILES string of the molecule is CCNc1nc(Nc2ccc(S(=O)(=O)N3CCOCC3)cc2OC)nc2[nH]cc(C#N)c12. The topological polar surface area (TPSA) is 145 Å². The molecule has 0 saturated carbocycles. The number of aromatic nitrogens is 3. The van der Waals surface area contributed by atoms with Gasteiger partial charge in [-0.2, -0.15) is 19.5 Å². The number of morpholine rings is 1. The molecule has 0 aliphatic carbocycles. The summed E-state index contributed by atoms with van der Waals surface area (Å²) in [4.78, 5) is 12.0. The highest BCUT2D eigenvalue weighted by molar-refractivity contribution is 7.89. The molecule has 11 nitrogen and oxygen atoms in total. The second-order valence-electron chi connectivity index (χ2n) is 6.97. The molecule has 1 saturated heterocycles. The molecule has 1 aliphatic rings. The number of hydrogen-bond acceptors (Lipinski definition) is 9. The molecule has 2 aromatic heterocycles. The maximum atomic E-state index is 12.9. The first-order valence-electron chi connectivity index (χ1n) is 10.0. The Kier molecular flexibility index (Phi) is 6.13. The van der Waals surface area contributed by atoms with E-state index in [9.17, 15) is 13.7 Å². The first-order chi connectivity index (χ1) is 15.5. The summed E-state index contributed by atoms with van der Waals surface area (Å²) in [5, 5.41) is 16.2. The van der Waals surface area contributed by atoms with Crippen molar-refractivity contribution in [2.24, 2.45) is 0 Å². The molecule has 0 bridgehead atoms. The molecule has 12 heteroatoms. The molecule has 168 valence electrons. The van der Waals surface area contributed by atoms with Gasteiger partial charge in [0.15, 0.2) is 0 Å². The molecule has 1 aromatic carbocycles. The molecule has 3 heterocycles. The molecule has 0 radical (unpaired) electrons. The minimum atomic E-state index is -3.66. The lowest BCUT2D eigenvalue weighted by Gasteiger charge is -2.26. The Bertz CT molecular complexity index is 1280. The van der Waals surface area contributed by atoms with Gasteiger partial charge in [0.2, 0.25) is 16.0 Å². The van der Waals surface area contributed by atoms with Crippen LogP contribution in [0.2, 0.25) is 0 Å². The lowest BCUT2D eigenvalue weighted by atomic mass is 10.2. The van der Waals surface area contributed by atoms with Crippen molar-refractivity contribution in [2.45, 2.75) is 11.8 Å². The van der Waals surface area contributed by atoms with Crippen LogP contribution in [0, 0.1) is 11.3 Å². The van der Waals surface area contributed by atoms with Crippen LogP contribution in [0.1, 0.15) is 12.5 Å². The van der Waals surface area contributed by atoms with Crippen LogP contribution >= 0.6 is 0 Å². The summed E-state index contributed by atoms with van der Waals surface area (Å²) in [6, 6.07) is 6.72. The van der Waals surface area contributed by atoms with E-state index in [1.165, 1.54) is 23.5 Å². The summed E-state index contributed by atoms with van der Waals surface area (Å²) in [6.07, 6.45) is 1.58. The summed E-state index contributed by atoms with van der Waals surface area (Å²) in [7, 11) is -2.20. The van der Waals surface area contributed by atoms with Crippen LogP contribution in [-0.4, -0.2) is 67.6 Å². The van der Waals surface area contributed by atoms with E-state index in [1.54, 1.807) is 12.3 Å². The standard InChI is InChI=1S/C20H23N7O4S/c1-3-22-18-17-13(11-21)12-23-19(17)26-20(25-18)24-15-5-4-14(10-16(15)30-2)32(28,29)27-6-8-31-9-7-27/h4-5,10,12H,3,6-9H2,1-2H3,(H3,22,23,24,25,26). The molecule has 32 heavy (non-hydrogen) atoms. The van der Waals surface area contributed by atoms with Gasteiger partial charge in [0.25, 0.3) is 0 Å². The van der Waals surface area contributed by atoms with Crippen LogP contribution in [0.15, 0.2) is 29.3 Å². The monoisotopic (exact) mass is 457 g/mol. The molecule has 1 fully saturated rings. The fourth-order valence-corrected chi connectivity index (χ4v) is 4.89. The molecular formula is C20H23N7O4S. The molecule has 3 aromatic rings. The second kappa shape index (κ2) is 8.99. The van der Waals surface area contributed by atoms with Gasteiger partial charge in [-0.15, -0.1) is 0 Å². The Balaban J connectivity index is 1.67. The fourth-order valence-electron chi connectivity index (χ4n) is 3.46. The van der Waals surface area contributed by atoms with Gasteiger partial charge >= 0.3 is 0 Å². The van der Waals surface area contributed by atoms with Gasteiger partial charge in [-0.05, 0) is 19.1 Å². The molecule has 1 aliphatic heterocycles. The van der Waals surface area contributed by atoms with E-state index in [0.29, 0.717) is 66.7 Å². The summed E-state index contributed by atoms with van der Waals surface area (Å²) in [6.45, 7) is 3.90. The molecule has 4 rings (SSSR count). The predicted octanol–water partition coefficient (Wildman–Crippen LogP) is 2.03. The van der Waals surface area contributed by atoms with Gasteiger partial charge in [-0.3, -0.25) is 0 Å². The number of nitrogens with zero attached hydrogens (tertiary/aromatic N) is 4. The number of sulfonamides is 1. The number of H-pyrrole nitrogens is 1. The Morgan fingerprint density at radius 2 is 2.09 bits per heavy atom. The number of benzene rings is 1. The Morgan fingerprint density at radius 1 is 1.31 bits per heavy atom. The summed E-state index contributed by atoms with van der Waals surface area (Å²) in [5.41, 5.74) is 1.44. The van der Waals surface area contributed by atoms with Crippen LogP contribution in [0.3, 0.4) is 0 Å². The molecular weight excluding hydrogens is 434 g/mol. The highest BCUT2D eigenvalue weighted by Gasteiger charge is 2.27. The molecule has 0 spiro atoms. The van der Waals surface area contributed by atoms with E-state index in [2.05, 4.69) is 31.7 Å². The number of aromatic amines is 1. The fraction of sp³-hybridized carbons (Fsp3) is 0.350. The number of hydrogen-bond donors (Lipinski definition) is 3. The van der Waals surface area contributed by atoms with Crippen molar-refractivity contribution < 1.29 is 17.9 Å².